The van der Waals surface area contributed by atoms with Crippen LogP contribution in [0.4, 0.5) is 0 Å². The van der Waals surface area contributed by atoms with Crippen molar-refractivity contribution >= 4 is 0 Å². The van der Waals surface area contributed by atoms with Crippen LogP contribution in [-0.2, 0) is 6.42 Å². The predicted octanol–water partition coefficient (Wildman–Crippen LogP) is 3.87. The van der Waals surface area contributed by atoms with Gasteiger partial charge in [0.05, 0.1) is 0 Å². The SMILES string of the molecule is [CH2]CCCCCCCCCCCCc1nnn[nH]1. The highest BCUT2D eigenvalue weighted by atomic mass is 15.5. The highest BCUT2D eigenvalue weighted by Gasteiger charge is 1.97. The van der Waals surface area contributed by atoms with Crippen molar-refractivity contribution in [2.75, 3.05) is 0 Å². The number of aromatic nitrogens is 4. The number of aryl methyl sites for hydroxylation is 1. The summed E-state index contributed by atoms with van der Waals surface area (Å²) in [4.78, 5) is 0. The molecule has 0 saturated heterocycles. The Kier molecular flexibility index (Phi) is 9.39. The molecule has 0 spiro atoms. The molecule has 1 aromatic heterocycles. The van der Waals surface area contributed by atoms with Crippen LogP contribution in [0.15, 0.2) is 0 Å². The molecule has 4 nitrogen and oxygen atoms in total. The van der Waals surface area contributed by atoms with Crippen molar-refractivity contribution in [2.24, 2.45) is 0 Å². The molecule has 1 aromatic rings. The van der Waals surface area contributed by atoms with E-state index >= 15 is 0 Å². The van der Waals surface area contributed by atoms with Gasteiger partial charge in [0.25, 0.3) is 0 Å². The molecule has 0 unspecified atom stereocenters. The monoisotopic (exact) mass is 251 g/mol. The standard InChI is InChI=1S/C14H27N4/c1-2-3-4-5-6-7-8-9-10-11-12-13-14-15-17-18-16-14/h1-13H2,(H,15,16,17,18). The van der Waals surface area contributed by atoms with Gasteiger partial charge in [-0.05, 0) is 16.8 Å². The molecule has 18 heavy (non-hydrogen) atoms. The fourth-order valence-electron chi connectivity index (χ4n) is 2.17. The zero-order chi connectivity index (χ0) is 12.9. The van der Waals surface area contributed by atoms with E-state index in [9.17, 15) is 0 Å². The summed E-state index contributed by atoms with van der Waals surface area (Å²) < 4.78 is 0. The van der Waals surface area contributed by atoms with Gasteiger partial charge in [-0.25, -0.2) is 5.10 Å². The lowest BCUT2D eigenvalue weighted by molar-refractivity contribution is 0.550. The summed E-state index contributed by atoms with van der Waals surface area (Å²) in [7, 11) is 0. The Labute approximate surface area is 111 Å². The normalized spacial score (nSPS) is 10.9. The van der Waals surface area contributed by atoms with E-state index in [1.165, 1.54) is 64.2 Å². The molecule has 0 fully saturated rings. The van der Waals surface area contributed by atoms with E-state index < -0.39 is 0 Å². The third-order valence-electron chi connectivity index (χ3n) is 3.30. The number of tetrazole rings is 1. The van der Waals surface area contributed by atoms with Gasteiger partial charge in [0, 0.05) is 6.42 Å². The fourth-order valence-corrected chi connectivity index (χ4v) is 2.17. The van der Waals surface area contributed by atoms with Gasteiger partial charge in [0.2, 0.25) is 0 Å². The van der Waals surface area contributed by atoms with Gasteiger partial charge in [0.1, 0.15) is 5.82 Å². The molecule has 0 bridgehead atoms. The number of H-pyrrole nitrogens is 1. The Hall–Kier alpha value is -0.930. The van der Waals surface area contributed by atoms with Gasteiger partial charge in [0.15, 0.2) is 0 Å². The summed E-state index contributed by atoms with van der Waals surface area (Å²) in [6.45, 7) is 3.87. The maximum atomic E-state index is 3.88. The van der Waals surface area contributed by atoms with Gasteiger partial charge in [-0.2, -0.15) is 0 Å². The van der Waals surface area contributed by atoms with Crippen LogP contribution in [0.3, 0.4) is 0 Å². The zero-order valence-electron chi connectivity index (χ0n) is 11.5. The molecule has 4 heteroatoms. The van der Waals surface area contributed by atoms with Gasteiger partial charge in [-0.3, -0.25) is 0 Å². The van der Waals surface area contributed by atoms with Gasteiger partial charge >= 0.3 is 0 Å². The minimum Gasteiger partial charge on any atom is -0.243 e. The summed E-state index contributed by atoms with van der Waals surface area (Å²) in [5.74, 6) is 0.917. The van der Waals surface area contributed by atoms with Gasteiger partial charge in [-0.15, -0.1) is 5.10 Å². The lowest BCUT2D eigenvalue weighted by Crippen LogP contribution is -1.89. The molecular formula is C14H27N4. The van der Waals surface area contributed by atoms with Crippen LogP contribution >= 0.6 is 0 Å². The van der Waals surface area contributed by atoms with E-state index in [1.54, 1.807) is 0 Å². The number of nitrogens with zero attached hydrogens (tertiary/aromatic N) is 3. The number of aromatic amines is 1. The van der Waals surface area contributed by atoms with Crippen molar-refractivity contribution in [1.82, 2.24) is 20.6 Å². The summed E-state index contributed by atoms with van der Waals surface area (Å²) in [6, 6.07) is 0. The Morgan fingerprint density at radius 2 is 1.33 bits per heavy atom. The second-order valence-electron chi connectivity index (χ2n) is 4.99. The molecular weight excluding hydrogens is 224 g/mol. The summed E-state index contributed by atoms with van der Waals surface area (Å²) >= 11 is 0. The molecule has 1 N–H and O–H groups in total. The molecule has 0 aromatic carbocycles. The highest BCUT2D eigenvalue weighted by Crippen LogP contribution is 2.11. The van der Waals surface area contributed by atoms with Gasteiger partial charge in [-0.1, -0.05) is 71.1 Å². The zero-order valence-corrected chi connectivity index (χ0v) is 11.5. The van der Waals surface area contributed by atoms with Crippen molar-refractivity contribution in [3.63, 3.8) is 0 Å². The molecule has 0 amide bonds. The largest absolute Gasteiger partial charge is 0.243 e. The Morgan fingerprint density at radius 3 is 1.83 bits per heavy atom. The third kappa shape index (κ3) is 8.20. The number of nitrogens with one attached hydrogen (secondary N) is 1. The average molecular weight is 251 g/mol. The summed E-state index contributed by atoms with van der Waals surface area (Å²) in [6.07, 6.45) is 15.6. The first-order chi connectivity index (χ1) is 8.93. The maximum absolute atomic E-state index is 3.88. The van der Waals surface area contributed by atoms with Crippen LogP contribution in [-0.4, -0.2) is 20.6 Å². The van der Waals surface area contributed by atoms with E-state index in [-0.39, 0.29) is 0 Å². The van der Waals surface area contributed by atoms with E-state index in [0.717, 1.165) is 18.7 Å². The minimum absolute atomic E-state index is 0.917. The van der Waals surface area contributed by atoms with Crippen molar-refractivity contribution in [3.05, 3.63) is 12.7 Å². The molecule has 1 radical (unpaired) electrons. The second-order valence-corrected chi connectivity index (χ2v) is 4.99. The first-order valence-corrected chi connectivity index (χ1v) is 7.45. The Bertz CT molecular complexity index is 259. The molecule has 0 aliphatic rings. The topological polar surface area (TPSA) is 54.5 Å². The fraction of sp³-hybridized carbons (Fsp3) is 0.857. The lowest BCUT2D eigenvalue weighted by atomic mass is 10.1. The summed E-state index contributed by atoms with van der Waals surface area (Å²) in [5, 5.41) is 13.8. The highest BCUT2D eigenvalue weighted by molar-refractivity contribution is 4.74. The van der Waals surface area contributed by atoms with E-state index in [0.29, 0.717) is 0 Å². The van der Waals surface area contributed by atoms with E-state index in [4.69, 9.17) is 0 Å². The van der Waals surface area contributed by atoms with Crippen LogP contribution in [0.2, 0.25) is 0 Å². The molecule has 103 valence electrons. The van der Waals surface area contributed by atoms with Crippen LogP contribution < -0.4 is 0 Å². The van der Waals surface area contributed by atoms with Crippen LogP contribution in [0.5, 0.6) is 0 Å². The maximum Gasteiger partial charge on any atom is 0.148 e. The second kappa shape index (κ2) is 11.2. The van der Waals surface area contributed by atoms with E-state index in [2.05, 4.69) is 27.5 Å². The smallest absolute Gasteiger partial charge is 0.148 e. The number of unbranched alkanes of at least 4 members (excludes halogenated alkanes) is 10. The average Bonchev–Trinajstić information content (AvgIpc) is 2.89. The third-order valence-corrected chi connectivity index (χ3v) is 3.30. The molecule has 0 aliphatic carbocycles. The predicted molar refractivity (Wildman–Crippen MR) is 74.0 cm³/mol. The quantitative estimate of drug-likeness (QED) is 0.574. The van der Waals surface area contributed by atoms with Crippen molar-refractivity contribution in [1.29, 1.82) is 0 Å². The molecule has 1 heterocycles. The van der Waals surface area contributed by atoms with Gasteiger partial charge < -0.3 is 0 Å². The molecule has 0 saturated carbocycles. The lowest BCUT2D eigenvalue weighted by Gasteiger charge is -2.01. The Morgan fingerprint density at radius 1 is 0.778 bits per heavy atom. The number of rotatable bonds is 12. The Balaban J connectivity index is 1.73. The van der Waals surface area contributed by atoms with Crippen molar-refractivity contribution < 1.29 is 0 Å². The first-order valence-electron chi connectivity index (χ1n) is 7.45. The van der Waals surface area contributed by atoms with Crippen molar-refractivity contribution in [3.8, 4) is 0 Å². The number of hydrogen-bond donors (Lipinski definition) is 1. The van der Waals surface area contributed by atoms with E-state index in [1.807, 2.05) is 0 Å². The summed E-state index contributed by atoms with van der Waals surface area (Å²) in [5.41, 5.74) is 0. The van der Waals surface area contributed by atoms with Crippen molar-refractivity contribution in [2.45, 2.75) is 77.0 Å². The molecule has 1 rings (SSSR count). The first kappa shape index (κ1) is 15.1. The van der Waals surface area contributed by atoms with Crippen LogP contribution in [0.1, 0.15) is 76.5 Å². The van der Waals surface area contributed by atoms with Crippen LogP contribution in [0.25, 0.3) is 0 Å². The molecule has 0 atom stereocenters. The minimum atomic E-state index is 0.917. The van der Waals surface area contributed by atoms with Crippen LogP contribution in [0, 0.1) is 6.92 Å². The number of hydrogen-bond acceptors (Lipinski definition) is 3. The molecule has 0 aliphatic heterocycles.